The number of nitrogens with one attached hydrogen (secondary N) is 1. The molecule has 1 N–H and O–H groups in total. The van der Waals surface area contributed by atoms with Crippen molar-refractivity contribution in [3.05, 3.63) is 53.4 Å². The second-order valence-electron chi connectivity index (χ2n) is 4.24. The molecule has 0 aliphatic heterocycles. The minimum atomic E-state index is -0.258. The molecule has 0 spiro atoms. The first-order valence-electron chi connectivity index (χ1n) is 6.22. The molecule has 0 aliphatic rings. The Morgan fingerprint density at radius 2 is 2.10 bits per heavy atom. The molecule has 3 aromatic rings. The summed E-state index contributed by atoms with van der Waals surface area (Å²) in [5.41, 5.74) is 1.22. The third-order valence-electron chi connectivity index (χ3n) is 2.87. The van der Waals surface area contributed by atoms with Gasteiger partial charge in [0.05, 0.1) is 12.0 Å². The van der Waals surface area contributed by atoms with Gasteiger partial charge in [-0.15, -0.1) is 11.3 Å². The van der Waals surface area contributed by atoms with Gasteiger partial charge < -0.3 is 9.26 Å². The maximum atomic E-state index is 12.1. The summed E-state index contributed by atoms with van der Waals surface area (Å²) in [4.78, 5) is 13.1. The van der Waals surface area contributed by atoms with Gasteiger partial charge >= 0.3 is 0 Å². The number of hydrogen-bond acceptors (Lipinski definition) is 5. The van der Waals surface area contributed by atoms with E-state index in [2.05, 4.69) is 10.5 Å². The van der Waals surface area contributed by atoms with Crippen LogP contribution in [0.1, 0.15) is 10.4 Å². The SMILES string of the molecule is COc1ccc(C(=O)Nc2cc(-c3cccs3)no2)cc1. The average molecular weight is 300 g/mol. The van der Waals surface area contributed by atoms with Crippen molar-refractivity contribution < 1.29 is 14.1 Å². The standard InChI is InChI=1S/C15H12N2O3S/c1-19-11-6-4-10(5-7-11)15(18)16-14-9-12(17-20-14)13-3-2-8-21-13/h2-9H,1H3,(H,16,18). The van der Waals surface area contributed by atoms with Crippen LogP contribution >= 0.6 is 11.3 Å². The Hall–Kier alpha value is -2.60. The Morgan fingerprint density at radius 3 is 2.76 bits per heavy atom. The summed E-state index contributed by atoms with van der Waals surface area (Å²) in [6.07, 6.45) is 0. The maximum Gasteiger partial charge on any atom is 0.258 e. The summed E-state index contributed by atoms with van der Waals surface area (Å²) < 4.78 is 10.2. The van der Waals surface area contributed by atoms with Crippen molar-refractivity contribution in [1.29, 1.82) is 0 Å². The molecule has 1 amide bonds. The molecule has 0 saturated heterocycles. The molecule has 0 radical (unpaired) electrons. The van der Waals surface area contributed by atoms with Crippen molar-refractivity contribution in [2.75, 3.05) is 12.4 Å². The topological polar surface area (TPSA) is 64.4 Å². The molecule has 0 saturated carbocycles. The number of thiophene rings is 1. The number of carbonyl (C=O) groups is 1. The van der Waals surface area contributed by atoms with Gasteiger partial charge in [-0.1, -0.05) is 11.2 Å². The van der Waals surface area contributed by atoms with Crippen LogP contribution in [-0.2, 0) is 0 Å². The summed E-state index contributed by atoms with van der Waals surface area (Å²) in [6.45, 7) is 0. The van der Waals surface area contributed by atoms with E-state index in [1.165, 1.54) is 0 Å². The maximum absolute atomic E-state index is 12.1. The average Bonchev–Trinajstić information content (AvgIpc) is 3.18. The summed E-state index contributed by atoms with van der Waals surface area (Å²) in [5.74, 6) is 0.761. The van der Waals surface area contributed by atoms with Gasteiger partial charge in [0.25, 0.3) is 5.91 Å². The summed E-state index contributed by atoms with van der Waals surface area (Å²) in [5, 5.41) is 8.57. The molecule has 1 aromatic carbocycles. The normalized spacial score (nSPS) is 10.3. The van der Waals surface area contributed by atoms with Crippen molar-refractivity contribution in [3.8, 4) is 16.3 Å². The fraction of sp³-hybridized carbons (Fsp3) is 0.0667. The van der Waals surface area contributed by atoms with E-state index in [0.29, 0.717) is 22.9 Å². The second kappa shape index (κ2) is 5.80. The Labute approximate surface area is 125 Å². The monoisotopic (exact) mass is 300 g/mol. The summed E-state index contributed by atoms with van der Waals surface area (Å²) in [6, 6.07) is 12.4. The number of carbonyl (C=O) groups excluding carboxylic acids is 1. The van der Waals surface area contributed by atoms with Crippen LogP contribution in [0.4, 0.5) is 5.88 Å². The van der Waals surface area contributed by atoms with Gasteiger partial charge in [-0.25, -0.2) is 0 Å². The fourth-order valence-electron chi connectivity index (χ4n) is 1.80. The van der Waals surface area contributed by atoms with Crippen LogP contribution < -0.4 is 10.1 Å². The van der Waals surface area contributed by atoms with Crippen LogP contribution in [0.2, 0.25) is 0 Å². The quantitative estimate of drug-likeness (QED) is 0.798. The van der Waals surface area contributed by atoms with Gasteiger partial charge in [-0.3, -0.25) is 10.1 Å². The number of anilines is 1. The first-order chi connectivity index (χ1) is 10.3. The first-order valence-corrected chi connectivity index (χ1v) is 7.10. The van der Waals surface area contributed by atoms with Gasteiger partial charge in [0, 0.05) is 11.6 Å². The van der Waals surface area contributed by atoms with Crippen molar-refractivity contribution in [3.63, 3.8) is 0 Å². The number of hydrogen-bond donors (Lipinski definition) is 1. The zero-order valence-corrected chi connectivity index (χ0v) is 12.0. The van der Waals surface area contributed by atoms with E-state index in [-0.39, 0.29) is 5.91 Å². The zero-order valence-electron chi connectivity index (χ0n) is 11.2. The minimum absolute atomic E-state index is 0.258. The van der Waals surface area contributed by atoms with E-state index in [1.54, 1.807) is 48.8 Å². The highest BCUT2D eigenvalue weighted by Gasteiger charge is 2.11. The molecule has 0 unspecified atom stereocenters. The van der Waals surface area contributed by atoms with Gasteiger partial charge in [-0.05, 0) is 35.7 Å². The van der Waals surface area contributed by atoms with Gasteiger partial charge in [0.2, 0.25) is 5.88 Å². The van der Waals surface area contributed by atoms with Gasteiger partial charge in [-0.2, -0.15) is 0 Å². The summed E-state index contributed by atoms with van der Waals surface area (Å²) in [7, 11) is 1.58. The predicted octanol–water partition coefficient (Wildman–Crippen LogP) is 3.66. The van der Waals surface area contributed by atoms with E-state index in [0.717, 1.165) is 4.88 Å². The Kier molecular flexibility index (Phi) is 3.70. The van der Waals surface area contributed by atoms with E-state index in [1.807, 2.05) is 17.5 Å². The van der Waals surface area contributed by atoms with Crippen molar-refractivity contribution in [1.82, 2.24) is 5.16 Å². The lowest BCUT2D eigenvalue weighted by Crippen LogP contribution is -2.11. The molecule has 6 heteroatoms. The van der Waals surface area contributed by atoms with Crippen LogP contribution in [0.3, 0.4) is 0 Å². The lowest BCUT2D eigenvalue weighted by molar-refractivity contribution is 0.102. The van der Waals surface area contributed by atoms with Crippen LogP contribution in [0.25, 0.3) is 10.6 Å². The van der Waals surface area contributed by atoms with E-state index >= 15 is 0 Å². The summed E-state index contributed by atoms with van der Waals surface area (Å²) >= 11 is 1.56. The number of methoxy groups -OCH3 is 1. The number of benzene rings is 1. The van der Waals surface area contributed by atoms with E-state index in [4.69, 9.17) is 9.26 Å². The third kappa shape index (κ3) is 2.95. The van der Waals surface area contributed by atoms with Crippen LogP contribution in [-0.4, -0.2) is 18.2 Å². The minimum Gasteiger partial charge on any atom is -0.497 e. The zero-order chi connectivity index (χ0) is 14.7. The lowest BCUT2D eigenvalue weighted by Gasteiger charge is -2.02. The van der Waals surface area contributed by atoms with Crippen LogP contribution in [0, 0.1) is 0 Å². The highest BCUT2D eigenvalue weighted by atomic mass is 32.1. The molecule has 2 aromatic heterocycles. The number of amides is 1. The molecular formula is C15H12N2O3S. The first kappa shape index (κ1) is 13.4. The highest BCUT2D eigenvalue weighted by molar-refractivity contribution is 7.13. The number of rotatable bonds is 4. The van der Waals surface area contributed by atoms with Crippen LogP contribution in [0.5, 0.6) is 5.75 Å². The number of nitrogens with zero attached hydrogens (tertiary/aromatic N) is 1. The molecule has 2 heterocycles. The highest BCUT2D eigenvalue weighted by Crippen LogP contribution is 2.26. The van der Waals surface area contributed by atoms with Crippen LogP contribution in [0.15, 0.2) is 52.4 Å². The van der Waals surface area contributed by atoms with Crippen molar-refractivity contribution in [2.24, 2.45) is 0 Å². The molecule has 0 bridgehead atoms. The second-order valence-corrected chi connectivity index (χ2v) is 5.18. The van der Waals surface area contributed by atoms with E-state index in [9.17, 15) is 4.79 Å². The largest absolute Gasteiger partial charge is 0.497 e. The van der Waals surface area contributed by atoms with Gasteiger partial charge in [0.15, 0.2) is 0 Å². The Balaban J connectivity index is 1.72. The molecule has 21 heavy (non-hydrogen) atoms. The number of aromatic nitrogens is 1. The molecule has 106 valence electrons. The lowest BCUT2D eigenvalue weighted by atomic mass is 10.2. The molecule has 0 fully saturated rings. The van der Waals surface area contributed by atoms with Crippen molar-refractivity contribution >= 4 is 23.1 Å². The predicted molar refractivity (Wildman–Crippen MR) is 80.8 cm³/mol. The molecule has 5 nitrogen and oxygen atoms in total. The van der Waals surface area contributed by atoms with Gasteiger partial charge in [0.1, 0.15) is 11.4 Å². The fourth-order valence-corrected chi connectivity index (χ4v) is 2.48. The molecular weight excluding hydrogens is 288 g/mol. The molecule has 0 atom stereocenters. The smallest absolute Gasteiger partial charge is 0.258 e. The molecule has 3 rings (SSSR count). The number of ether oxygens (including phenoxy) is 1. The third-order valence-corrected chi connectivity index (χ3v) is 3.77. The molecule has 0 aliphatic carbocycles. The van der Waals surface area contributed by atoms with Crippen molar-refractivity contribution in [2.45, 2.75) is 0 Å². The Bertz CT molecular complexity index is 733. The van der Waals surface area contributed by atoms with E-state index < -0.39 is 0 Å². The Morgan fingerprint density at radius 1 is 1.29 bits per heavy atom.